The Morgan fingerprint density at radius 3 is 2.88 bits per heavy atom. The number of thiophene rings is 1. The molecule has 2 rings (SSSR count). The van der Waals surface area contributed by atoms with Gasteiger partial charge in [0.15, 0.2) is 0 Å². The van der Waals surface area contributed by atoms with Crippen molar-refractivity contribution < 1.29 is 4.79 Å². The summed E-state index contributed by atoms with van der Waals surface area (Å²) >= 11 is 1.77. The number of hydrogen-bond acceptors (Lipinski definition) is 3. The SMILES string of the molecule is Cc1ccc(CN(C)C(=O)C2CCNC2)s1.Cl. The third-order valence-corrected chi connectivity index (χ3v) is 3.96. The summed E-state index contributed by atoms with van der Waals surface area (Å²) in [4.78, 5) is 16.5. The molecule has 1 amide bonds. The fourth-order valence-electron chi connectivity index (χ4n) is 2.06. The first-order valence-corrected chi connectivity index (χ1v) is 6.49. The van der Waals surface area contributed by atoms with Crippen LogP contribution in [-0.2, 0) is 11.3 Å². The van der Waals surface area contributed by atoms with Gasteiger partial charge in [-0.2, -0.15) is 0 Å². The molecule has 0 aliphatic carbocycles. The van der Waals surface area contributed by atoms with Gasteiger partial charge in [-0.05, 0) is 32.0 Å². The van der Waals surface area contributed by atoms with Crippen LogP contribution >= 0.6 is 23.7 Å². The summed E-state index contributed by atoms with van der Waals surface area (Å²) in [6.07, 6.45) is 0.979. The minimum atomic E-state index is 0. The first-order chi connectivity index (χ1) is 7.66. The topological polar surface area (TPSA) is 32.3 Å². The molecule has 0 aromatic carbocycles. The maximum absolute atomic E-state index is 12.0. The second-order valence-electron chi connectivity index (χ2n) is 4.40. The molecule has 5 heteroatoms. The van der Waals surface area contributed by atoms with Gasteiger partial charge in [0.05, 0.1) is 12.5 Å². The van der Waals surface area contributed by atoms with Crippen LogP contribution in [-0.4, -0.2) is 30.9 Å². The van der Waals surface area contributed by atoms with E-state index >= 15 is 0 Å². The highest BCUT2D eigenvalue weighted by atomic mass is 35.5. The minimum Gasteiger partial charge on any atom is -0.340 e. The highest BCUT2D eigenvalue weighted by molar-refractivity contribution is 7.11. The van der Waals surface area contributed by atoms with Crippen LogP contribution in [0.15, 0.2) is 12.1 Å². The summed E-state index contributed by atoms with van der Waals surface area (Å²) in [5.41, 5.74) is 0. The Kier molecular flexibility index (Phi) is 5.43. The highest BCUT2D eigenvalue weighted by Gasteiger charge is 2.25. The molecule has 1 N–H and O–H groups in total. The van der Waals surface area contributed by atoms with Crippen molar-refractivity contribution in [3.63, 3.8) is 0 Å². The Balaban J connectivity index is 0.00000144. The standard InChI is InChI=1S/C12H18N2OS.ClH/c1-9-3-4-11(16-9)8-14(2)12(15)10-5-6-13-7-10;/h3-4,10,13H,5-8H2,1-2H3;1H. The fourth-order valence-corrected chi connectivity index (χ4v) is 3.00. The molecule has 1 fully saturated rings. The van der Waals surface area contributed by atoms with Gasteiger partial charge in [0, 0.05) is 23.3 Å². The van der Waals surface area contributed by atoms with E-state index in [2.05, 4.69) is 24.4 Å². The third-order valence-electron chi connectivity index (χ3n) is 2.97. The summed E-state index contributed by atoms with van der Waals surface area (Å²) < 4.78 is 0. The number of nitrogens with zero attached hydrogens (tertiary/aromatic N) is 1. The van der Waals surface area contributed by atoms with Crippen molar-refractivity contribution in [3.05, 3.63) is 21.9 Å². The average Bonchev–Trinajstić information content (AvgIpc) is 2.88. The van der Waals surface area contributed by atoms with Crippen LogP contribution in [0.4, 0.5) is 0 Å². The van der Waals surface area contributed by atoms with E-state index < -0.39 is 0 Å². The average molecular weight is 275 g/mol. The van der Waals surface area contributed by atoms with E-state index in [1.54, 1.807) is 11.3 Å². The molecule has 2 heterocycles. The quantitative estimate of drug-likeness (QED) is 0.915. The smallest absolute Gasteiger partial charge is 0.227 e. The van der Waals surface area contributed by atoms with E-state index in [0.717, 1.165) is 26.1 Å². The maximum Gasteiger partial charge on any atom is 0.227 e. The van der Waals surface area contributed by atoms with Crippen LogP contribution in [0.1, 0.15) is 16.2 Å². The van der Waals surface area contributed by atoms with E-state index in [1.807, 2.05) is 11.9 Å². The normalized spacial score (nSPS) is 18.8. The minimum absolute atomic E-state index is 0. The maximum atomic E-state index is 12.0. The first kappa shape index (κ1) is 14.5. The van der Waals surface area contributed by atoms with Crippen molar-refractivity contribution in [2.75, 3.05) is 20.1 Å². The Morgan fingerprint density at radius 2 is 2.35 bits per heavy atom. The molecule has 1 aliphatic rings. The van der Waals surface area contributed by atoms with Gasteiger partial charge in [-0.25, -0.2) is 0 Å². The summed E-state index contributed by atoms with van der Waals surface area (Å²) in [5, 5.41) is 3.23. The van der Waals surface area contributed by atoms with Crippen LogP contribution in [0.3, 0.4) is 0 Å². The molecule has 1 saturated heterocycles. The zero-order chi connectivity index (χ0) is 11.5. The van der Waals surface area contributed by atoms with Crippen LogP contribution in [0.25, 0.3) is 0 Å². The molecule has 0 bridgehead atoms. The van der Waals surface area contributed by atoms with Crippen molar-refractivity contribution in [1.82, 2.24) is 10.2 Å². The van der Waals surface area contributed by atoms with Gasteiger partial charge in [-0.15, -0.1) is 23.7 Å². The van der Waals surface area contributed by atoms with Gasteiger partial charge in [-0.1, -0.05) is 0 Å². The van der Waals surface area contributed by atoms with Crippen LogP contribution in [0.5, 0.6) is 0 Å². The summed E-state index contributed by atoms with van der Waals surface area (Å²) in [6, 6.07) is 4.21. The van der Waals surface area contributed by atoms with Crippen molar-refractivity contribution in [3.8, 4) is 0 Å². The van der Waals surface area contributed by atoms with E-state index in [9.17, 15) is 4.79 Å². The number of carbonyl (C=O) groups excluding carboxylic acids is 1. The Hall–Kier alpha value is -0.580. The number of carbonyl (C=O) groups is 1. The van der Waals surface area contributed by atoms with Crippen molar-refractivity contribution in [2.24, 2.45) is 5.92 Å². The van der Waals surface area contributed by atoms with Crippen LogP contribution < -0.4 is 5.32 Å². The third kappa shape index (κ3) is 3.69. The van der Waals surface area contributed by atoms with E-state index in [-0.39, 0.29) is 24.2 Å². The van der Waals surface area contributed by atoms with Crippen molar-refractivity contribution >= 4 is 29.7 Å². The van der Waals surface area contributed by atoms with Gasteiger partial charge in [-0.3, -0.25) is 4.79 Å². The molecule has 1 aromatic rings. The lowest BCUT2D eigenvalue weighted by molar-refractivity contribution is -0.134. The van der Waals surface area contributed by atoms with E-state index in [4.69, 9.17) is 0 Å². The highest BCUT2D eigenvalue weighted by Crippen LogP contribution is 2.18. The number of halogens is 1. The molecule has 3 nitrogen and oxygen atoms in total. The van der Waals surface area contributed by atoms with Gasteiger partial charge < -0.3 is 10.2 Å². The molecule has 1 aliphatic heterocycles. The molecule has 96 valence electrons. The van der Waals surface area contributed by atoms with Crippen LogP contribution in [0, 0.1) is 12.8 Å². The van der Waals surface area contributed by atoms with E-state index in [0.29, 0.717) is 0 Å². The molecule has 1 unspecified atom stereocenters. The molecular weight excluding hydrogens is 256 g/mol. The lowest BCUT2D eigenvalue weighted by Gasteiger charge is -2.19. The van der Waals surface area contributed by atoms with E-state index in [1.165, 1.54) is 9.75 Å². The molecule has 1 aromatic heterocycles. The van der Waals surface area contributed by atoms with Crippen molar-refractivity contribution in [2.45, 2.75) is 19.9 Å². The Labute approximate surface area is 113 Å². The summed E-state index contributed by atoms with van der Waals surface area (Å²) in [6.45, 7) is 4.65. The second kappa shape index (κ2) is 6.38. The first-order valence-electron chi connectivity index (χ1n) is 5.68. The zero-order valence-corrected chi connectivity index (χ0v) is 11.9. The lowest BCUT2D eigenvalue weighted by atomic mass is 10.1. The molecule has 17 heavy (non-hydrogen) atoms. The molecule has 0 saturated carbocycles. The zero-order valence-electron chi connectivity index (χ0n) is 10.2. The summed E-state index contributed by atoms with van der Waals surface area (Å²) in [5.74, 6) is 0.460. The molecule has 1 atom stereocenters. The number of nitrogens with one attached hydrogen (secondary N) is 1. The predicted molar refractivity (Wildman–Crippen MR) is 73.8 cm³/mol. The van der Waals surface area contributed by atoms with Gasteiger partial charge in [0.2, 0.25) is 5.91 Å². The van der Waals surface area contributed by atoms with Gasteiger partial charge in [0.1, 0.15) is 0 Å². The summed E-state index contributed by atoms with van der Waals surface area (Å²) in [7, 11) is 1.90. The fraction of sp³-hybridized carbons (Fsp3) is 0.583. The van der Waals surface area contributed by atoms with Gasteiger partial charge >= 0.3 is 0 Å². The lowest BCUT2D eigenvalue weighted by Crippen LogP contribution is -2.33. The number of aryl methyl sites for hydroxylation is 1. The molecule has 0 spiro atoms. The van der Waals surface area contributed by atoms with Crippen LogP contribution in [0.2, 0.25) is 0 Å². The Bertz CT molecular complexity index is 374. The Morgan fingerprint density at radius 1 is 1.59 bits per heavy atom. The molecule has 0 radical (unpaired) electrons. The second-order valence-corrected chi connectivity index (χ2v) is 5.77. The predicted octanol–water partition coefficient (Wildman–Crippen LogP) is 2.05. The van der Waals surface area contributed by atoms with Gasteiger partial charge in [0.25, 0.3) is 0 Å². The number of amides is 1. The monoisotopic (exact) mass is 274 g/mol. The largest absolute Gasteiger partial charge is 0.340 e. The molecular formula is C12H19ClN2OS. The number of rotatable bonds is 3. The van der Waals surface area contributed by atoms with Crippen molar-refractivity contribution in [1.29, 1.82) is 0 Å². The number of hydrogen-bond donors (Lipinski definition) is 1.